The highest BCUT2D eigenvalue weighted by Crippen LogP contribution is 2.40. The van der Waals surface area contributed by atoms with Crippen LogP contribution in [0.3, 0.4) is 0 Å². The van der Waals surface area contributed by atoms with Gasteiger partial charge in [-0.3, -0.25) is 0 Å². The van der Waals surface area contributed by atoms with Crippen molar-refractivity contribution in [2.75, 3.05) is 0 Å². The van der Waals surface area contributed by atoms with E-state index in [-0.39, 0.29) is 11.1 Å². The van der Waals surface area contributed by atoms with Gasteiger partial charge in [-0.25, -0.2) is 14.2 Å². The molecule has 1 heterocycles. The fraction of sp³-hybridized carbons (Fsp3) is 0.457. The number of aromatic nitrogens is 1. The summed E-state index contributed by atoms with van der Waals surface area (Å²) in [5.41, 5.74) is 0.413. The average molecular weight is 611 g/mol. The van der Waals surface area contributed by atoms with Crippen LogP contribution < -0.4 is 4.57 Å². The Hall–Kier alpha value is -2.77. The number of benzene rings is 2. The van der Waals surface area contributed by atoms with Crippen molar-refractivity contribution in [3.63, 3.8) is 0 Å². The van der Waals surface area contributed by atoms with Crippen LogP contribution in [0.4, 0.5) is 0 Å². The maximum atomic E-state index is 11.1. The molecule has 0 saturated heterocycles. The van der Waals surface area contributed by atoms with E-state index in [9.17, 15) is 9.59 Å². The van der Waals surface area contributed by atoms with Crippen LogP contribution in [0.15, 0.2) is 88.9 Å². The van der Waals surface area contributed by atoms with Crippen molar-refractivity contribution in [1.29, 1.82) is 0 Å². The predicted octanol–water partition coefficient (Wildman–Crippen LogP) is 10.3. The summed E-state index contributed by atoms with van der Waals surface area (Å²) in [5.74, 6) is -2.00. The number of carboxylic acid groups (broad SMARTS) is 2. The molecule has 3 aromatic rings. The third kappa shape index (κ3) is 15.5. The van der Waals surface area contributed by atoms with Gasteiger partial charge in [-0.1, -0.05) is 136 Å². The Balaban J connectivity index is 0.000000294. The Kier molecular flexibility index (Phi) is 19.2. The Morgan fingerprint density at radius 3 is 1.33 bits per heavy atom. The summed E-state index contributed by atoms with van der Waals surface area (Å²) in [5, 5.41) is 18.2. The molecule has 0 bridgehead atoms. The zero-order valence-corrected chi connectivity index (χ0v) is 26.7. The standard InChI is InChI=1S/C21H38N.C14H10O4S2/c1-2-3-4-5-6-7-8-9-10-11-12-13-14-16-19-22-20-17-15-18-21-22;15-13(16)9-5-1-3-7-11(9)19-20-12-8-4-2-6-10(12)14(17)18/h15,17-18,20-21H,2-14,16,19H2,1H3;1-8H,(H,15,16)(H,17,18)/q+1;. The van der Waals surface area contributed by atoms with Gasteiger partial charge in [0.15, 0.2) is 12.4 Å². The number of pyridine rings is 1. The maximum Gasteiger partial charge on any atom is 0.336 e. The zero-order chi connectivity index (χ0) is 30.3. The number of nitrogens with zero attached hydrogens (tertiary/aromatic N) is 1. The molecule has 5 nitrogen and oxygen atoms in total. The van der Waals surface area contributed by atoms with Gasteiger partial charge in [-0.2, -0.15) is 0 Å². The molecule has 3 rings (SSSR count). The molecule has 0 saturated carbocycles. The molecular formula is C35H48NO4S2+. The summed E-state index contributed by atoms with van der Waals surface area (Å²) >= 11 is 0. The molecule has 42 heavy (non-hydrogen) atoms. The average Bonchev–Trinajstić information content (AvgIpc) is 3.01. The molecule has 2 aromatic carbocycles. The topological polar surface area (TPSA) is 78.5 Å². The molecule has 0 aliphatic carbocycles. The van der Waals surface area contributed by atoms with Crippen LogP contribution in [-0.4, -0.2) is 22.2 Å². The highest BCUT2D eigenvalue weighted by molar-refractivity contribution is 8.76. The summed E-state index contributed by atoms with van der Waals surface area (Å²) in [7, 11) is 2.47. The molecule has 1 aromatic heterocycles. The minimum absolute atomic E-state index is 0.206. The number of aromatic carboxylic acids is 2. The lowest BCUT2D eigenvalue weighted by atomic mass is 10.0. The van der Waals surface area contributed by atoms with E-state index in [1.54, 1.807) is 36.4 Å². The number of carboxylic acids is 2. The first kappa shape index (κ1) is 35.4. The second kappa shape index (κ2) is 22.8. The molecular weight excluding hydrogens is 563 g/mol. The third-order valence-corrected chi connectivity index (χ3v) is 9.49. The second-order valence-electron chi connectivity index (χ2n) is 10.5. The van der Waals surface area contributed by atoms with Crippen LogP contribution in [0.25, 0.3) is 0 Å². The highest BCUT2D eigenvalue weighted by atomic mass is 33.1. The monoisotopic (exact) mass is 610 g/mol. The van der Waals surface area contributed by atoms with Crippen molar-refractivity contribution in [1.82, 2.24) is 0 Å². The van der Waals surface area contributed by atoms with E-state index < -0.39 is 11.9 Å². The molecule has 2 N–H and O–H groups in total. The Morgan fingerprint density at radius 1 is 0.548 bits per heavy atom. The summed E-state index contributed by atoms with van der Waals surface area (Å²) in [6, 6.07) is 19.6. The van der Waals surface area contributed by atoms with Crippen LogP contribution >= 0.6 is 21.6 Å². The van der Waals surface area contributed by atoms with Crippen LogP contribution in [0.1, 0.15) is 118 Å². The lowest BCUT2D eigenvalue weighted by Crippen LogP contribution is -2.32. The fourth-order valence-corrected chi connectivity index (χ4v) is 6.94. The molecule has 0 unspecified atom stereocenters. The molecule has 0 aliphatic rings. The molecule has 0 aliphatic heterocycles. The van der Waals surface area contributed by atoms with Crippen molar-refractivity contribution < 1.29 is 24.4 Å². The van der Waals surface area contributed by atoms with Gasteiger partial charge in [-0.05, 0) is 30.7 Å². The van der Waals surface area contributed by atoms with E-state index in [1.165, 1.54) is 130 Å². The number of carbonyl (C=O) groups is 2. The lowest BCUT2D eigenvalue weighted by Gasteiger charge is -2.06. The fourth-order valence-electron chi connectivity index (χ4n) is 4.59. The summed E-state index contributed by atoms with van der Waals surface area (Å²) in [6.45, 7) is 3.47. The number of hydrogen-bond donors (Lipinski definition) is 2. The maximum absolute atomic E-state index is 11.1. The lowest BCUT2D eigenvalue weighted by molar-refractivity contribution is -0.697. The first-order valence-electron chi connectivity index (χ1n) is 15.5. The van der Waals surface area contributed by atoms with Crippen LogP contribution in [0, 0.1) is 0 Å². The Labute approximate surface area is 260 Å². The van der Waals surface area contributed by atoms with Gasteiger partial charge in [-0.15, -0.1) is 0 Å². The molecule has 0 fully saturated rings. The number of aryl methyl sites for hydroxylation is 1. The number of unbranched alkanes of at least 4 members (excludes halogenated alkanes) is 13. The number of hydrogen-bond acceptors (Lipinski definition) is 4. The molecule has 0 atom stereocenters. The molecule has 7 heteroatoms. The van der Waals surface area contributed by atoms with Gasteiger partial charge in [0, 0.05) is 28.3 Å². The van der Waals surface area contributed by atoms with E-state index in [0.29, 0.717) is 9.79 Å². The van der Waals surface area contributed by atoms with E-state index in [4.69, 9.17) is 10.2 Å². The zero-order valence-electron chi connectivity index (χ0n) is 25.1. The van der Waals surface area contributed by atoms with Gasteiger partial charge in [0.2, 0.25) is 0 Å². The summed E-state index contributed by atoms with van der Waals surface area (Å²) in [6.07, 6.45) is 24.4. The summed E-state index contributed by atoms with van der Waals surface area (Å²) in [4.78, 5) is 23.4. The Bertz CT molecular complexity index is 1100. The largest absolute Gasteiger partial charge is 0.478 e. The molecule has 0 radical (unpaired) electrons. The molecule has 0 amide bonds. The van der Waals surface area contributed by atoms with Crippen molar-refractivity contribution in [2.45, 2.75) is 113 Å². The van der Waals surface area contributed by atoms with Crippen molar-refractivity contribution in [3.05, 3.63) is 90.3 Å². The minimum atomic E-state index is -1.000. The minimum Gasteiger partial charge on any atom is -0.478 e. The first-order valence-corrected chi connectivity index (χ1v) is 17.6. The van der Waals surface area contributed by atoms with Crippen LogP contribution in [0.2, 0.25) is 0 Å². The van der Waals surface area contributed by atoms with E-state index >= 15 is 0 Å². The highest BCUT2D eigenvalue weighted by Gasteiger charge is 2.13. The smallest absolute Gasteiger partial charge is 0.336 e. The van der Waals surface area contributed by atoms with Crippen molar-refractivity contribution in [3.8, 4) is 0 Å². The van der Waals surface area contributed by atoms with Gasteiger partial charge in [0.05, 0.1) is 11.1 Å². The molecule has 0 spiro atoms. The van der Waals surface area contributed by atoms with E-state index in [2.05, 4.69) is 42.1 Å². The van der Waals surface area contributed by atoms with Crippen LogP contribution in [-0.2, 0) is 6.54 Å². The van der Waals surface area contributed by atoms with Crippen molar-refractivity contribution in [2.24, 2.45) is 0 Å². The van der Waals surface area contributed by atoms with Gasteiger partial charge in [0.1, 0.15) is 6.54 Å². The third-order valence-electron chi connectivity index (χ3n) is 7.00. The first-order chi connectivity index (χ1) is 20.5. The number of rotatable bonds is 20. The predicted molar refractivity (Wildman–Crippen MR) is 175 cm³/mol. The van der Waals surface area contributed by atoms with E-state index in [1.807, 2.05) is 0 Å². The van der Waals surface area contributed by atoms with Gasteiger partial charge >= 0.3 is 11.9 Å². The quantitative estimate of drug-likeness (QED) is 0.0753. The van der Waals surface area contributed by atoms with Crippen LogP contribution in [0.5, 0.6) is 0 Å². The van der Waals surface area contributed by atoms with Crippen molar-refractivity contribution >= 4 is 33.5 Å². The SMILES string of the molecule is CCCCCCCCCCCCCCCC[n+]1ccccc1.O=C(O)c1ccccc1SSc1ccccc1C(=O)O. The Morgan fingerprint density at radius 2 is 0.929 bits per heavy atom. The normalized spacial score (nSPS) is 10.6. The molecule has 228 valence electrons. The second-order valence-corrected chi connectivity index (χ2v) is 12.7. The van der Waals surface area contributed by atoms with E-state index in [0.717, 1.165) is 0 Å². The van der Waals surface area contributed by atoms with Gasteiger partial charge in [0.25, 0.3) is 0 Å². The summed E-state index contributed by atoms with van der Waals surface area (Å²) < 4.78 is 2.29. The van der Waals surface area contributed by atoms with Gasteiger partial charge < -0.3 is 10.2 Å².